The van der Waals surface area contributed by atoms with Gasteiger partial charge in [-0.15, -0.1) is 0 Å². The largest absolute Gasteiger partial charge is 0.390 e. The maximum absolute atomic E-state index is 10.6. The van der Waals surface area contributed by atoms with Gasteiger partial charge in [-0.3, -0.25) is 0 Å². The Labute approximate surface area is 124 Å². The standard InChI is InChI=1S/C16H23BrO2/c1-19-16(10-4-2-3-5-11-16)15(18)12-13-6-8-14(17)9-7-13/h6-9,15,18H,2-5,10-12H2,1H3. The zero-order valence-electron chi connectivity index (χ0n) is 11.6. The molecule has 1 unspecified atom stereocenters. The van der Waals surface area contributed by atoms with Gasteiger partial charge in [-0.2, -0.15) is 0 Å². The molecule has 0 aliphatic heterocycles. The van der Waals surface area contributed by atoms with Gasteiger partial charge in [-0.05, 0) is 30.5 Å². The van der Waals surface area contributed by atoms with Crippen molar-refractivity contribution < 1.29 is 9.84 Å². The third-order valence-corrected chi connectivity index (χ3v) is 4.83. The van der Waals surface area contributed by atoms with Gasteiger partial charge in [0, 0.05) is 18.0 Å². The molecule has 1 atom stereocenters. The van der Waals surface area contributed by atoms with Crippen molar-refractivity contribution in [3.8, 4) is 0 Å². The second-order valence-electron chi connectivity index (χ2n) is 5.53. The molecule has 0 spiro atoms. The predicted octanol–water partition coefficient (Wildman–Crippen LogP) is 4.09. The van der Waals surface area contributed by atoms with E-state index in [2.05, 4.69) is 28.1 Å². The van der Waals surface area contributed by atoms with E-state index in [-0.39, 0.29) is 5.60 Å². The number of ether oxygens (including phenoxy) is 1. The summed E-state index contributed by atoms with van der Waals surface area (Å²) in [6.45, 7) is 0. The van der Waals surface area contributed by atoms with E-state index in [1.807, 2.05) is 12.1 Å². The van der Waals surface area contributed by atoms with E-state index >= 15 is 0 Å². The Morgan fingerprint density at radius 2 is 1.74 bits per heavy atom. The number of halogens is 1. The molecule has 2 rings (SSSR count). The highest BCUT2D eigenvalue weighted by atomic mass is 79.9. The Bertz CT molecular complexity index is 380. The van der Waals surface area contributed by atoms with Crippen LogP contribution in [-0.4, -0.2) is 23.9 Å². The van der Waals surface area contributed by atoms with E-state index in [4.69, 9.17) is 4.74 Å². The van der Waals surface area contributed by atoms with Crippen molar-refractivity contribution >= 4 is 15.9 Å². The monoisotopic (exact) mass is 326 g/mol. The molecule has 0 heterocycles. The second kappa shape index (κ2) is 6.87. The summed E-state index contributed by atoms with van der Waals surface area (Å²) in [5.74, 6) is 0. The highest BCUT2D eigenvalue weighted by molar-refractivity contribution is 9.10. The molecule has 0 saturated heterocycles. The molecule has 1 aliphatic rings. The van der Waals surface area contributed by atoms with Crippen LogP contribution in [0.25, 0.3) is 0 Å². The molecule has 1 N–H and O–H groups in total. The van der Waals surface area contributed by atoms with Crippen molar-refractivity contribution in [2.24, 2.45) is 0 Å². The van der Waals surface area contributed by atoms with Crippen LogP contribution in [0.2, 0.25) is 0 Å². The minimum Gasteiger partial charge on any atom is -0.390 e. The summed E-state index contributed by atoms with van der Waals surface area (Å²) in [5.41, 5.74) is 0.820. The van der Waals surface area contributed by atoms with Gasteiger partial charge in [-0.1, -0.05) is 53.7 Å². The van der Waals surface area contributed by atoms with E-state index in [1.54, 1.807) is 7.11 Å². The van der Waals surface area contributed by atoms with Gasteiger partial charge in [0.05, 0.1) is 11.7 Å². The zero-order valence-corrected chi connectivity index (χ0v) is 13.2. The molecular weight excluding hydrogens is 304 g/mol. The number of rotatable bonds is 4. The van der Waals surface area contributed by atoms with E-state index in [1.165, 1.54) is 12.8 Å². The van der Waals surface area contributed by atoms with Crippen molar-refractivity contribution in [1.29, 1.82) is 0 Å². The smallest absolute Gasteiger partial charge is 0.0939 e. The number of hydrogen-bond acceptors (Lipinski definition) is 2. The van der Waals surface area contributed by atoms with E-state index in [0.717, 1.165) is 35.7 Å². The van der Waals surface area contributed by atoms with Crippen LogP contribution in [0.15, 0.2) is 28.7 Å². The lowest BCUT2D eigenvalue weighted by Gasteiger charge is -2.36. The summed E-state index contributed by atoms with van der Waals surface area (Å²) >= 11 is 3.44. The predicted molar refractivity (Wildman–Crippen MR) is 81.3 cm³/mol. The maximum Gasteiger partial charge on any atom is 0.0939 e. The number of aliphatic hydroxyl groups excluding tert-OH is 1. The first-order chi connectivity index (χ1) is 9.16. The Kier molecular flexibility index (Phi) is 5.43. The fraction of sp³-hybridized carbons (Fsp3) is 0.625. The van der Waals surface area contributed by atoms with Gasteiger partial charge in [0.15, 0.2) is 0 Å². The Morgan fingerprint density at radius 3 is 2.26 bits per heavy atom. The number of hydrogen-bond donors (Lipinski definition) is 1. The van der Waals surface area contributed by atoms with Crippen molar-refractivity contribution in [1.82, 2.24) is 0 Å². The van der Waals surface area contributed by atoms with Gasteiger partial charge >= 0.3 is 0 Å². The molecule has 0 radical (unpaired) electrons. The molecule has 0 aromatic heterocycles. The van der Waals surface area contributed by atoms with Crippen LogP contribution < -0.4 is 0 Å². The fourth-order valence-corrected chi connectivity index (χ4v) is 3.29. The van der Waals surface area contributed by atoms with E-state index in [0.29, 0.717) is 6.42 Å². The molecule has 106 valence electrons. The first kappa shape index (κ1) is 15.0. The minimum absolute atomic E-state index is 0.344. The molecule has 19 heavy (non-hydrogen) atoms. The highest BCUT2D eigenvalue weighted by Gasteiger charge is 2.38. The fourth-order valence-electron chi connectivity index (χ4n) is 3.03. The summed E-state index contributed by atoms with van der Waals surface area (Å²) in [6.07, 6.45) is 7.03. The van der Waals surface area contributed by atoms with Gasteiger partial charge in [-0.25, -0.2) is 0 Å². The number of methoxy groups -OCH3 is 1. The highest BCUT2D eigenvalue weighted by Crippen LogP contribution is 2.34. The van der Waals surface area contributed by atoms with Crippen molar-refractivity contribution in [3.05, 3.63) is 34.3 Å². The summed E-state index contributed by atoms with van der Waals surface area (Å²) in [4.78, 5) is 0. The average Bonchev–Trinajstić information content (AvgIpc) is 2.67. The van der Waals surface area contributed by atoms with Crippen LogP contribution in [0, 0.1) is 0 Å². The second-order valence-corrected chi connectivity index (χ2v) is 6.45. The van der Waals surface area contributed by atoms with Gasteiger partial charge < -0.3 is 9.84 Å². The third-order valence-electron chi connectivity index (χ3n) is 4.31. The van der Waals surface area contributed by atoms with Crippen LogP contribution in [-0.2, 0) is 11.2 Å². The van der Waals surface area contributed by atoms with Crippen LogP contribution in [0.3, 0.4) is 0 Å². The molecule has 0 bridgehead atoms. The van der Waals surface area contributed by atoms with Crippen molar-refractivity contribution in [2.75, 3.05) is 7.11 Å². The summed E-state index contributed by atoms with van der Waals surface area (Å²) < 4.78 is 6.83. The van der Waals surface area contributed by atoms with Gasteiger partial charge in [0.2, 0.25) is 0 Å². The molecule has 1 aliphatic carbocycles. The molecule has 3 heteroatoms. The zero-order chi connectivity index (χ0) is 13.7. The number of aliphatic hydroxyl groups is 1. The summed E-state index contributed by atoms with van der Waals surface area (Å²) in [6, 6.07) is 8.17. The van der Waals surface area contributed by atoms with Crippen molar-refractivity contribution in [2.45, 2.75) is 56.7 Å². The van der Waals surface area contributed by atoms with Crippen LogP contribution in [0.1, 0.15) is 44.1 Å². The molecular formula is C16H23BrO2. The van der Waals surface area contributed by atoms with E-state index in [9.17, 15) is 5.11 Å². The van der Waals surface area contributed by atoms with Gasteiger partial charge in [0.1, 0.15) is 0 Å². The average molecular weight is 327 g/mol. The lowest BCUT2D eigenvalue weighted by molar-refractivity contribution is -0.111. The molecule has 1 aromatic rings. The Balaban J connectivity index is 2.07. The van der Waals surface area contributed by atoms with Gasteiger partial charge in [0.25, 0.3) is 0 Å². The number of benzene rings is 1. The normalized spacial score (nSPS) is 20.8. The molecule has 2 nitrogen and oxygen atoms in total. The molecule has 1 aromatic carbocycles. The van der Waals surface area contributed by atoms with Crippen LogP contribution >= 0.6 is 15.9 Å². The molecule has 1 saturated carbocycles. The summed E-state index contributed by atoms with van der Waals surface area (Å²) in [5, 5.41) is 10.6. The maximum atomic E-state index is 10.6. The molecule has 0 amide bonds. The lowest BCUT2D eigenvalue weighted by Crippen LogP contribution is -2.45. The topological polar surface area (TPSA) is 29.5 Å². The Morgan fingerprint density at radius 1 is 1.16 bits per heavy atom. The minimum atomic E-state index is -0.420. The Hall–Kier alpha value is -0.380. The van der Waals surface area contributed by atoms with Crippen LogP contribution in [0.5, 0.6) is 0 Å². The van der Waals surface area contributed by atoms with Crippen LogP contribution in [0.4, 0.5) is 0 Å². The first-order valence-corrected chi connectivity index (χ1v) is 7.93. The van der Waals surface area contributed by atoms with E-state index < -0.39 is 6.10 Å². The SMILES string of the molecule is COC1(C(O)Cc2ccc(Br)cc2)CCCCCC1. The lowest BCUT2D eigenvalue weighted by atomic mass is 9.85. The summed E-state index contributed by atoms with van der Waals surface area (Å²) in [7, 11) is 1.75. The molecule has 1 fully saturated rings. The van der Waals surface area contributed by atoms with Crippen molar-refractivity contribution in [3.63, 3.8) is 0 Å². The quantitative estimate of drug-likeness (QED) is 0.844. The third kappa shape index (κ3) is 3.80. The first-order valence-electron chi connectivity index (χ1n) is 7.14.